The van der Waals surface area contributed by atoms with Crippen molar-refractivity contribution < 1.29 is 14.2 Å². The van der Waals surface area contributed by atoms with Crippen LogP contribution in [-0.2, 0) is 13.0 Å². The number of ether oxygens (including phenoxy) is 1. The Bertz CT molecular complexity index is 1220. The molecule has 2 heterocycles. The lowest BCUT2D eigenvalue weighted by Crippen LogP contribution is -2.36. The maximum absolute atomic E-state index is 14.9. The molecule has 0 fully saturated rings. The van der Waals surface area contributed by atoms with E-state index in [1.54, 1.807) is 18.2 Å². The van der Waals surface area contributed by atoms with Gasteiger partial charge in [0.25, 0.3) is 0 Å². The van der Waals surface area contributed by atoms with Crippen molar-refractivity contribution in [2.24, 2.45) is 0 Å². The molecule has 0 unspecified atom stereocenters. The number of nitrogens with zero attached hydrogens (tertiary/aromatic N) is 1. The Labute approximate surface area is 174 Å². The van der Waals surface area contributed by atoms with E-state index in [1.165, 1.54) is 24.1 Å². The Morgan fingerprint density at radius 3 is 2.70 bits per heavy atom. The van der Waals surface area contributed by atoms with Crippen LogP contribution in [0.2, 0.25) is 0 Å². The first-order valence-electron chi connectivity index (χ1n) is 10.1. The maximum Gasteiger partial charge on any atom is 0.160 e. The van der Waals surface area contributed by atoms with Gasteiger partial charge >= 0.3 is 0 Å². The molecule has 0 amide bonds. The number of H-pyrrole nitrogens is 1. The molecule has 2 N–H and O–H groups in total. The summed E-state index contributed by atoms with van der Waals surface area (Å²) in [5.41, 5.74) is 4.99. The fourth-order valence-electron chi connectivity index (χ4n) is 4.58. The van der Waals surface area contributed by atoms with Crippen molar-refractivity contribution in [3.8, 4) is 11.5 Å². The molecule has 0 radical (unpaired) electrons. The van der Waals surface area contributed by atoms with Crippen LogP contribution in [0.25, 0.3) is 10.9 Å². The number of hydrogen-bond donors (Lipinski definition) is 2. The van der Waals surface area contributed by atoms with Crippen LogP contribution >= 0.6 is 0 Å². The molecular weight excluding hydrogens is 379 g/mol. The summed E-state index contributed by atoms with van der Waals surface area (Å²) in [4.78, 5) is 5.82. The van der Waals surface area contributed by atoms with Crippen molar-refractivity contribution in [2.75, 3.05) is 13.7 Å². The highest BCUT2D eigenvalue weighted by atomic mass is 19.1. The summed E-state index contributed by atoms with van der Waals surface area (Å²) in [7, 11) is 1.53. The lowest BCUT2D eigenvalue weighted by molar-refractivity contribution is 0.198. The Morgan fingerprint density at radius 1 is 1.10 bits per heavy atom. The lowest BCUT2D eigenvalue weighted by Gasteiger charge is -2.36. The summed E-state index contributed by atoms with van der Waals surface area (Å²) >= 11 is 0. The number of fused-ring (bicyclic) bond motifs is 3. The number of aromatic nitrogens is 1. The quantitative estimate of drug-likeness (QED) is 0.495. The van der Waals surface area contributed by atoms with E-state index in [0.29, 0.717) is 17.9 Å². The molecule has 0 bridgehead atoms. The maximum atomic E-state index is 14.9. The molecule has 0 saturated carbocycles. The molecule has 152 valence electrons. The highest BCUT2D eigenvalue weighted by Gasteiger charge is 2.33. The zero-order valence-electron chi connectivity index (χ0n) is 16.7. The summed E-state index contributed by atoms with van der Waals surface area (Å²) in [5.74, 6) is 0.346. The number of para-hydroxylation sites is 1. The molecular formula is C25H23FN2O2. The Balaban J connectivity index is 1.60. The summed E-state index contributed by atoms with van der Waals surface area (Å²) in [6.07, 6.45) is 0.881. The molecule has 0 saturated heterocycles. The van der Waals surface area contributed by atoms with Gasteiger partial charge in [0.05, 0.1) is 13.2 Å². The predicted octanol–water partition coefficient (Wildman–Crippen LogP) is 5.17. The zero-order chi connectivity index (χ0) is 20.7. The number of hydrogen-bond acceptors (Lipinski definition) is 3. The van der Waals surface area contributed by atoms with Crippen LogP contribution in [0.1, 0.15) is 28.4 Å². The molecule has 5 rings (SSSR count). The summed E-state index contributed by atoms with van der Waals surface area (Å²) in [6, 6.07) is 20.4. The monoisotopic (exact) mass is 402 g/mol. The van der Waals surface area contributed by atoms with Gasteiger partial charge < -0.3 is 14.8 Å². The molecule has 4 aromatic rings. The third-order valence-corrected chi connectivity index (χ3v) is 5.96. The van der Waals surface area contributed by atoms with Crippen LogP contribution in [0.3, 0.4) is 0 Å². The number of rotatable bonds is 4. The second-order valence-corrected chi connectivity index (χ2v) is 7.71. The largest absolute Gasteiger partial charge is 0.504 e. The van der Waals surface area contributed by atoms with E-state index in [1.807, 2.05) is 30.3 Å². The number of benzene rings is 3. The van der Waals surface area contributed by atoms with Gasteiger partial charge in [-0.2, -0.15) is 0 Å². The van der Waals surface area contributed by atoms with Crippen LogP contribution in [0.15, 0.2) is 66.7 Å². The molecule has 1 aliphatic rings. The molecule has 0 aliphatic carbocycles. The molecule has 0 spiro atoms. The van der Waals surface area contributed by atoms with Gasteiger partial charge in [-0.25, -0.2) is 4.39 Å². The van der Waals surface area contributed by atoms with Gasteiger partial charge in [0.15, 0.2) is 11.5 Å². The van der Waals surface area contributed by atoms with E-state index < -0.39 is 0 Å². The normalized spacial score (nSPS) is 16.5. The van der Waals surface area contributed by atoms with Gasteiger partial charge in [-0.05, 0) is 41.8 Å². The number of phenols is 1. The fraction of sp³-hybridized carbons (Fsp3) is 0.200. The molecule has 30 heavy (non-hydrogen) atoms. The summed E-state index contributed by atoms with van der Waals surface area (Å²) in [5, 5.41) is 11.4. The number of aromatic hydroxyl groups is 1. The second-order valence-electron chi connectivity index (χ2n) is 7.71. The zero-order valence-corrected chi connectivity index (χ0v) is 16.7. The van der Waals surface area contributed by atoms with E-state index in [2.05, 4.69) is 22.0 Å². The van der Waals surface area contributed by atoms with Crippen molar-refractivity contribution >= 4 is 10.9 Å². The highest BCUT2D eigenvalue weighted by molar-refractivity contribution is 5.85. The van der Waals surface area contributed by atoms with Crippen LogP contribution < -0.4 is 4.74 Å². The van der Waals surface area contributed by atoms with Crippen molar-refractivity contribution in [1.82, 2.24) is 9.88 Å². The minimum Gasteiger partial charge on any atom is -0.504 e. The van der Waals surface area contributed by atoms with E-state index in [-0.39, 0.29) is 17.6 Å². The van der Waals surface area contributed by atoms with E-state index >= 15 is 0 Å². The number of halogens is 1. The molecule has 1 aromatic heterocycles. The van der Waals surface area contributed by atoms with Crippen molar-refractivity contribution in [1.29, 1.82) is 0 Å². The summed E-state index contributed by atoms with van der Waals surface area (Å²) in [6.45, 7) is 1.38. The third kappa shape index (κ3) is 3.12. The fourth-order valence-corrected chi connectivity index (χ4v) is 4.58. The standard InChI is InChI=1S/C25H23FN2O2/c1-30-23-11-10-16(14-22(23)29)15-28-13-12-18-17-6-3-5-9-21(17)27-24(18)25(28)19-7-2-4-8-20(19)26/h2-11,14,25,27,29H,12-13,15H2,1H3/t25-/m0/s1. The molecule has 5 heteroatoms. The number of methoxy groups -OCH3 is 1. The Hall–Kier alpha value is -3.31. The van der Waals surface area contributed by atoms with Gasteiger partial charge in [0.1, 0.15) is 5.82 Å². The van der Waals surface area contributed by atoms with Gasteiger partial charge in [-0.3, -0.25) is 4.90 Å². The number of nitrogens with one attached hydrogen (secondary N) is 1. The van der Waals surface area contributed by atoms with Gasteiger partial charge in [-0.1, -0.05) is 42.5 Å². The first-order valence-corrected chi connectivity index (χ1v) is 10.1. The second kappa shape index (κ2) is 7.50. The molecule has 3 aromatic carbocycles. The van der Waals surface area contributed by atoms with Crippen LogP contribution in [0.5, 0.6) is 11.5 Å². The minimum atomic E-state index is -0.230. The third-order valence-electron chi connectivity index (χ3n) is 5.96. The number of phenolic OH excluding ortho intramolecular Hbond substituents is 1. The first kappa shape index (κ1) is 18.7. The molecule has 4 nitrogen and oxygen atoms in total. The van der Waals surface area contributed by atoms with Gasteiger partial charge in [-0.15, -0.1) is 0 Å². The van der Waals surface area contributed by atoms with Crippen LogP contribution in [-0.4, -0.2) is 28.6 Å². The van der Waals surface area contributed by atoms with Crippen molar-refractivity contribution in [3.63, 3.8) is 0 Å². The van der Waals surface area contributed by atoms with E-state index in [4.69, 9.17) is 4.74 Å². The first-order chi connectivity index (χ1) is 14.7. The average Bonchev–Trinajstić information content (AvgIpc) is 3.13. The lowest BCUT2D eigenvalue weighted by atomic mass is 9.91. The van der Waals surface area contributed by atoms with E-state index in [0.717, 1.165) is 29.7 Å². The smallest absolute Gasteiger partial charge is 0.160 e. The average molecular weight is 402 g/mol. The van der Waals surface area contributed by atoms with Crippen molar-refractivity contribution in [3.05, 3.63) is 94.9 Å². The Morgan fingerprint density at radius 2 is 1.90 bits per heavy atom. The van der Waals surface area contributed by atoms with Crippen LogP contribution in [0, 0.1) is 5.82 Å². The predicted molar refractivity (Wildman–Crippen MR) is 115 cm³/mol. The molecule has 1 aliphatic heterocycles. The Kier molecular flexibility index (Phi) is 4.68. The topological polar surface area (TPSA) is 48.5 Å². The van der Waals surface area contributed by atoms with E-state index in [9.17, 15) is 9.50 Å². The SMILES string of the molecule is COc1ccc(CN2CCc3c([nH]c4ccccc34)[C@@H]2c2ccccc2F)cc1O. The van der Waals surface area contributed by atoms with Crippen molar-refractivity contribution in [2.45, 2.75) is 19.0 Å². The minimum absolute atomic E-state index is 0.112. The summed E-state index contributed by atoms with van der Waals surface area (Å²) < 4.78 is 20.1. The highest BCUT2D eigenvalue weighted by Crippen LogP contribution is 2.40. The van der Waals surface area contributed by atoms with Crippen LogP contribution in [0.4, 0.5) is 4.39 Å². The van der Waals surface area contributed by atoms with Gasteiger partial charge in [0.2, 0.25) is 0 Å². The van der Waals surface area contributed by atoms with Gasteiger partial charge in [0, 0.05) is 35.2 Å². The molecule has 1 atom stereocenters. The number of aromatic amines is 1.